The monoisotopic (exact) mass is 349 g/mol. The van der Waals surface area contributed by atoms with Crippen molar-refractivity contribution in [3.63, 3.8) is 0 Å². The molecule has 0 amide bonds. The number of halogens is 1. The van der Waals surface area contributed by atoms with Gasteiger partial charge in [-0.05, 0) is 61.7 Å². The molecule has 0 radical (unpaired) electrons. The fraction of sp³-hybridized carbons (Fsp3) is 0.364. The highest BCUT2D eigenvalue weighted by Gasteiger charge is 2.21. The van der Waals surface area contributed by atoms with E-state index >= 15 is 0 Å². The number of aromatic amines is 1. The lowest BCUT2D eigenvalue weighted by Crippen LogP contribution is -2.31. The minimum absolute atomic E-state index is 0.179. The van der Waals surface area contributed by atoms with Gasteiger partial charge in [-0.15, -0.1) is 0 Å². The molecule has 26 heavy (non-hydrogen) atoms. The fourth-order valence-corrected chi connectivity index (χ4v) is 4.44. The molecule has 0 bridgehead atoms. The number of H-pyrrole nitrogens is 1. The zero-order valence-electron chi connectivity index (χ0n) is 15.0. The van der Waals surface area contributed by atoms with Crippen LogP contribution in [0.5, 0.6) is 0 Å². The lowest BCUT2D eigenvalue weighted by atomic mass is 10.0. The second kappa shape index (κ2) is 6.35. The summed E-state index contributed by atoms with van der Waals surface area (Å²) in [7, 11) is 0. The lowest BCUT2D eigenvalue weighted by molar-refractivity contribution is 0.578. The van der Waals surface area contributed by atoms with Crippen molar-refractivity contribution in [2.24, 2.45) is 0 Å². The first kappa shape index (κ1) is 15.7. The Bertz CT molecular complexity index is 922. The summed E-state index contributed by atoms with van der Waals surface area (Å²) in [5, 5.41) is 1.15. The van der Waals surface area contributed by atoms with Crippen molar-refractivity contribution < 1.29 is 4.39 Å². The SMILES string of the molecule is Fc1ccc2c3c([nH]c2c1)CCN(c1ccc(N2CCCCC2)cc1)C3. The Balaban J connectivity index is 1.39. The number of aromatic nitrogens is 1. The van der Waals surface area contributed by atoms with E-state index in [1.807, 2.05) is 6.07 Å². The van der Waals surface area contributed by atoms with Crippen LogP contribution in [0.4, 0.5) is 15.8 Å². The quantitative estimate of drug-likeness (QED) is 0.714. The lowest BCUT2D eigenvalue weighted by Gasteiger charge is -2.31. The Kier molecular flexibility index (Phi) is 3.84. The maximum absolute atomic E-state index is 13.5. The molecule has 2 aliphatic rings. The van der Waals surface area contributed by atoms with Crippen molar-refractivity contribution in [1.82, 2.24) is 4.98 Å². The predicted octanol–water partition coefficient (Wildman–Crippen LogP) is 4.86. The highest BCUT2D eigenvalue weighted by Crippen LogP contribution is 2.31. The number of piperidine rings is 1. The molecule has 1 saturated heterocycles. The molecule has 3 heterocycles. The number of nitrogens with zero attached hydrogens (tertiary/aromatic N) is 2. The number of hydrogen-bond acceptors (Lipinski definition) is 2. The molecule has 5 rings (SSSR count). The average Bonchev–Trinajstić information content (AvgIpc) is 3.05. The van der Waals surface area contributed by atoms with E-state index in [2.05, 4.69) is 39.0 Å². The molecule has 3 nitrogen and oxygen atoms in total. The zero-order valence-corrected chi connectivity index (χ0v) is 15.0. The van der Waals surface area contributed by atoms with Gasteiger partial charge < -0.3 is 14.8 Å². The summed E-state index contributed by atoms with van der Waals surface area (Å²) in [4.78, 5) is 8.33. The average molecular weight is 349 g/mol. The second-order valence-corrected chi connectivity index (χ2v) is 7.51. The van der Waals surface area contributed by atoms with Gasteiger partial charge in [-0.25, -0.2) is 4.39 Å². The van der Waals surface area contributed by atoms with E-state index < -0.39 is 0 Å². The summed E-state index contributed by atoms with van der Waals surface area (Å²) in [6.07, 6.45) is 4.94. The smallest absolute Gasteiger partial charge is 0.125 e. The summed E-state index contributed by atoms with van der Waals surface area (Å²) < 4.78 is 13.5. The Morgan fingerprint density at radius 1 is 0.808 bits per heavy atom. The van der Waals surface area contributed by atoms with Crippen LogP contribution in [0.15, 0.2) is 42.5 Å². The van der Waals surface area contributed by atoms with Gasteiger partial charge in [-0.2, -0.15) is 0 Å². The van der Waals surface area contributed by atoms with Gasteiger partial charge >= 0.3 is 0 Å². The van der Waals surface area contributed by atoms with Gasteiger partial charge in [0, 0.05) is 66.1 Å². The van der Waals surface area contributed by atoms with Crippen LogP contribution in [0.25, 0.3) is 10.9 Å². The van der Waals surface area contributed by atoms with E-state index in [4.69, 9.17) is 0 Å². The molecule has 0 atom stereocenters. The number of benzene rings is 2. The maximum atomic E-state index is 13.5. The Labute approximate surface area is 153 Å². The van der Waals surface area contributed by atoms with Crippen molar-refractivity contribution in [2.45, 2.75) is 32.2 Å². The molecule has 0 saturated carbocycles. The van der Waals surface area contributed by atoms with Crippen LogP contribution in [0.2, 0.25) is 0 Å². The first-order valence-electron chi connectivity index (χ1n) is 9.67. The Hall–Kier alpha value is -2.49. The molecular weight excluding hydrogens is 325 g/mol. The molecule has 1 aromatic heterocycles. The van der Waals surface area contributed by atoms with E-state index in [0.717, 1.165) is 30.4 Å². The first-order chi connectivity index (χ1) is 12.8. The van der Waals surface area contributed by atoms with Crippen molar-refractivity contribution >= 4 is 22.3 Å². The Morgan fingerprint density at radius 2 is 1.54 bits per heavy atom. The third-order valence-electron chi connectivity index (χ3n) is 5.87. The van der Waals surface area contributed by atoms with Gasteiger partial charge in [-0.1, -0.05) is 0 Å². The minimum Gasteiger partial charge on any atom is -0.372 e. The van der Waals surface area contributed by atoms with Gasteiger partial charge in [0.1, 0.15) is 5.82 Å². The number of fused-ring (bicyclic) bond motifs is 3. The van der Waals surface area contributed by atoms with Crippen LogP contribution < -0.4 is 9.80 Å². The highest BCUT2D eigenvalue weighted by molar-refractivity contribution is 5.85. The van der Waals surface area contributed by atoms with Crippen molar-refractivity contribution in [3.8, 4) is 0 Å². The molecule has 0 aliphatic carbocycles. The summed E-state index contributed by atoms with van der Waals surface area (Å²) >= 11 is 0. The van der Waals surface area contributed by atoms with Gasteiger partial charge in [-0.3, -0.25) is 0 Å². The van der Waals surface area contributed by atoms with Crippen LogP contribution in [0.3, 0.4) is 0 Å². The molecule has 4 heteroatoms. The van der Waals surface area contributed by atoms with E-state index in [1.165, 1.54) is 55.0 Å². The molecule has 0 spiro atoms. The summed E-state index contributed by atoms with van der Waals surface area (Å²) in [5.74, 6) is -0.179. The number of rotatable bonds is 2. The van der Waals surface area contributed by atoms with Gasteiger partial charge in [0.05, 0.1) is 0 Å². The third-order valence-corrected chi connectivity index (χ3v) is 5.87. The molecule has 1 N–H and O–H groups in total. The van der Waals surface area contributed by atoms with Crippen LogP contribution in [-0.4, -0.2) is 24.6 Å². The van der Waals surface area contributed by atoms with Crippen molar-refractivity contribution in [2.75, 3.05) is 29.4 Å². The molecule has 2 aromatic carbocycles. The molecule has 1 fully saturated rings. The van der Waals surface area contributed by atoms with Crippen LogP contribution >= 0.6 is 0 Å². The normalized spacial score (nSPS) is 17.6. The fourth-order valence-electron chi connectivity index (χ4n) is 4.44. The minimum atomic E-state index is -0.179. The number of nitrogens with one attached hydrogen (secondary N) is 1. The van der Waals surface area contributed by atoms with E-state index in [-0.39, 0.29) is 5.82 Å². The third kappa shape index (κ3) is 2.74. The molecule has 3 aromatic rings. The topological polar surface area (TPSA) is 22.3 Å². The molecular formula is C22H24FN3. The largest absolute Gasteiger partial charge is 0.372 e. The van der Waals surface area contributed by atoms with E-state index in [1.54, 1.807) is 12.1 Å². The van der Waals surface area contributed by atoms with E-state index in [9.17, 15) is 4.39 Å². The first-order valence-corrected chi connectivity index (χ1v) is 9.67. The van der Waals surface area contributed by atoms with E-state index in [0.29, 0.717) is 0 Å². The molecule has 134 valence electrons. The summed E-state index contributed by atoms with van der Waals surface area (Å²) in [5.41, 5.74) is 6.09. The maximum Gasteiger partial charge on any atom is 0.125 e. The van der Waals surface area contributed by atoms with Crippen molar-refractivity contribution in [3.05, 3.63) is 59.5 Å². The standard InChI is InChI=1S/C22H24FN3/c23-16-4-9-19-20-15-26(13-10-21(20)24-22(19)14-16)18-7-5-17(6-8-18)25-11-2-1-3-12-25/h4-9,14,24H,1-3,10-13,15H2. The highest BCUT2D eigenvalue weighted by atomic mass is 19.1. The Morgan fingerprint density at radius 3 is 2.31 bits per heavy atom. The second-order valence-electron chi connectivity index (χ2n) is 7.51. The van der Waals surface area contributed by atoms with Crippen molar-refractivity contribution in [1.29, 1.82) is 0 Å². The van der Waals surface area contributed by atoms with Crippen LogP contribution in [-0.2, 0) is 13.0 Å². The van der Waals surface area contributed by atoms with Gasteiger partial charge in [0.25, 0.3) is 0 Å². The van der Waals surface area contributed by atoms with Crippen LogP contribution in [0.1, 0.15) is 30.5 Å². The number of hydrogen-bond donors (Lipinski definition) is 1. The summed E-state index contributed by atoms with van der Waals surface area (Å²) in [6, 6.07) is 14.1. The zero-order chi connectivity index (χ0) is 17.5. The predicted molar refractivity (Wildman–Crippen MR) is 106 cm³/mol. The molecule has 0 unspecified atom stereocenters. The van der Waals surface area contributed by atoms with Crippen LogP contribution in [0, 0.1) is 5.82 Å². The number of anilines is 2. The molecule has 2 aliphatic heterocycles. The van der Waals surface area contributed by atoms with Gasteiger partial charge in [0.15, 0.2) is 0 Å². The summed E-state index contributed by atoms with van der Waals surface area (Å²) in [6.45, 7) is 4.23. The van der Waals surface area contributed by atoms with Gasteiger partial charge in [0.2, 0.25) is 0 Å².